The largest absolute Gasteiger partial charge is 0.293 e. The van der Waals surface area contributed by atoms with Crippen molar-refractivity contribution in [3.63, 3.8) is 0 Å². The maximum absolute atomic E-state index is 12.4. The SMILES string of the molecule is CC(C)c1cc2ccccc2nc1C(C)C.CC(C)c1cc2ccccc2nc1C(C)C.CC(C)c1cc2ccccc2nc1C(C)C.CC(C)c1nc2ccccc2c(=O)n1C(C)C.CC(C)c1nc2ccccc2nc1C(C)C.CC(C)c1nc2ccccc2nc1C(C)C. The average Bonchev–Trinajstić information content (AvgIpc) is 0.805. The van der Waals surface area contributed by atoms with Crippen LogP contribution in [0.4, 0.5) is 0 Å². The molecular formula is C87H111N9O. The number of benzene rings is 6. The van der Waals surface area contributed by atoms with Crippen LogP contribution in [0.3, 0.4) is 0 Å². The maximum Gasteiger partial charge on any atom is 0.261 e. The van der Waals surface area contributed by atoms with Crippen LogP contribution in [0.2, 0.25) is 0 Å². The van der Waals surface area contributed by atoms with Gasteiger partial charge in [0.2, 0.25) is 0 Å². The van der Waals surface area contributed by atoms with Gasteiger partial charge in [-0.05, 0) is 163 Å². The fraction of sp³-hybridized carbons (Fsp3) is 0.414. The molecule has 6 aromatic carbocycles. The number of fused-ring (bicyclic) bond motifs is 6. The molecule has 97 heavy (non-hydrogen) atoms. The number of pyridine rings is 3. The third-order valence-corrected chi connectivity index (χ3v) is 17.2. The molecule has 510 valence electrons. The van der Waals surface area contributed by atoms with Crippen LogP contribution in [-0.4, -0.2) is 44.4 Å². The molecule has 0 radical (unpaired) electrons. The van der Waals surface area contributed by atoms with Crippen molar-refractivity contribution < 1.29 is 0 Å². The lowest BCUT2D eigenvalue weighted by Crippen LogP contribution is -2.27. The Labute approximate surface area is 580 Å². The van der Waals surface area contributed by atoms with E-state index in [1.54, 1.807) is 4.57 Å². The van der Waals surface area contributed by atoms with Gasteiger partial charge >= 0.3 is 0 Å². The molecule has 12 rings (SSSR count). The second-order valence-corrected chi connectivity index (χ2v) is 29.4. The molecule has 0 spiro atoms. The van der Waals surface area contributed by atoms with Crippen molar-refractivity contribution in [3.05, 3.63) is 237 Å². The molecule has 0 saturated carbocycles. The topological polar surface area (TPSA) is 125 Å². The van der Waals surface area contributed by atoms with E-state index in [0.717, 1.165) is 72.7 Å². The van der Waals surface area contributed by atoms with E-state index in [9.17, 15) is 4.79 Å². The molecule has 0 N–H and O–H groups in total. The Kier molecular flexibility index (Phi) is 27.0. The number of hydrogen-bond acceptors (Lipinski definition) is 9. The van der Waals surface area contributed by atoms with Crippen LogP contribution in [-0.2, 0) is 0 Å². The van der Waals surface area contributed by atoms with Gasteiger partial charge in [0, 0.05) is 45.2 Å². The van der Waals surface area contributed by atoms with Gasteiger partial charge in [-0.1, -0.05) is 243 Å². The van der Waals surface area contributed by atoms with Crippen molar-refractivity contribution in [1.82, 2.24) is 44.4 Å². The van der Waals surface area contributed by atoms with E-state index in [1.165, 1.54) is 49.9 Å². The number of aromatic nitrogens is 9. The van der Waals surface area contributed by atoms with Crippen LogP contribution in [0, 0.1) is 0 Å². The van der Waals surface area contributed by atoms with Gasteiger partial charge in [0.15, 0.2) is 0 Å². The molecule has 0 bridgehead atoms. The minimum atomic E-state index is 0.0642. The molecule has 0 amide bonds. The highest BCUT2D eigenvalue weighted by Crippen LogP contribution is 2.32. The lowest BCUT2D eigenvalue weighted by molar-refractivity contribution is 0.523. The Morgan fingerprint density at radius 2 is 0.464 bits per heavy atom. The summed E-state index contributed by atoms with van der Waals surface area (Å²) in [4.78, 5) is 50.4. The minimum absolute atomic E-state index is 0.0642. The first-order chi connectivity index (χ1) is 46.0. The summed E-state index contributed by atoms with van der Waals surface area (Å²) < 4.78 is 1.80. The average molecular weight is 1300 g/mol. The van der Waals surface area contributed by atoms with Crippen molar-refractivity contribution in [3.8, 4) is 0 Å². The van der Waals surface area contributed by atoms with Gasteiger partial charge in [0.25, 0.3) is 5.56 Å². The fourth-order valence-corrected chi connectivity index (χ4v) is 12.0. The molecule has 0 atom stereocenters. The zero-order valence-corrected chi connectivity index (χ0v) is 62.9. The van der Waals surface area contributed by atoms with Gasteiger partial charge in [-0.2, -0.15) is 0 Å². The number of hydrogen-bond donors (Lipinski definition) is 0. The molecule has 0 aliphatic rings. The molecule has 10 heteroatoms. The quantitative estimate of drug-likeness (QED) is 0.118. The molecule has 0 unspecified atom stereocenters. The summed E-state index contributed by atoms with van der Waals surface area (Å²) in [6, 6.07) is 55.7. The first-order valence-corrected chi connectivity index (χ1v) is 35.7. The molecule has 10 nitrogen and oxygen atoms in total. The molecule has 12 aromatic rings. The van der Waals surface area contributed by atoms with Crippen molar-refractivity contribution in [2.75, 3.05) is 0 Å². The van der Waals surface area contributed by atoms with Crippen LogP contribution < -0.4 is 5.56 Å². The van der Waals surface area contributed by atoms with Gasteiger partial charge < -0.3 is 0 Å². The lowest BCUT2D eigenvalue weighted by Gasteiger charge is -2.18. The van der Waals surface area contributed by atoms with Gasteiger partial charge in [-0.25, -0.2) is 24.9 Å². The monoisotopic (exact) mass is 1300 g/mol. The van der Waals surface area contributed by atoms with Gasteiger partial charge in [-0.3, -0.25) is 24.3 Å². The van der Waals surface area contributed by atoms with Gasteiger partial charge in [-0.15, -0.1) is 0 Å². The summed E-state index contributed by atoms with van der Waals surface area (Å²) >= 11 is 0. The first-order valence-electron chi connectivity index (χ1n) is 35.7. The Morgan fingerprint density at radius 3 is 0.701 bits per heavy atom. The van der Waals surface area contributed by atoms with Crippen LogP contribution in [0.1, 0.15) is 300 Å². The van der Waals surface area contributed by atoms with Crippen molar-refractivity contribution in [2.24, 2.45) is 0 Å². The summed E-state index contributed by atoms with van der Waals surface area (Å²) in [7, 11) is 0. The lowest BCUT2D eigenvalue weighted by atomic mass is 9.94. The Bertz CT molecular complexity index is 3820. The normalized spacial score (nSPS) is 11.6. The van der Waals surface area contributed by atoms with E-state index >= 15 is 0 Å². The van der Waals surface area contributed by atoms with E-state index in [4.69, 9.17) is 34.9 Å². The molecule has 0 saturated heterocycles. The summed E-state index contributed by atoms with van der Waals surface area (Å²) in [5.41, 5.74) is 20.6. The Balaban J connectivity index is 0.000000164. The molecule has 0 aliphatic heterocycles. The van der Waals surface area contributed by atoms with E-state index in [-0.39, 0.29) is 17.5 Å². The van der Waals surface area contributed by atoms with E-state index in [0.29, 0.717) is 64.6 Å². The third-order valence-electron chi connectivity index (χ3n) is 17.2. The molecule has 6 aromatic heterocycles. The van der Waals surface area contributed by atoms with Crippen LogP contribution in [0.15, 0.2) is 169 Å². The summed E-state index contributed by atoms with van der Waals surface area (Å²) in [6.07, 6.45) is 0. The van der Waals surface area contributed by atoms with Crippen molar-refractivity contribution in [2.45, 2.75) is 237 Å². The highest BCUT2D eigenvalue weighted by atomic mass is 16.1. The standard InChI is InChI=1S/3C15H19N.C14H18N2O.2C14H18N2/c3*1-10(2)13-9-12-7-5-6-8-14(12)16-15(13)11(3)4;1-9(2)13-15-12-8-6-5-7-11(12)14(17)16(13)10(3)4;2*1-9(2)13-14(10(3)4)16-12-8-6-5-7-11(12)15-13/h3*5-11H,1-4H3;5-10H,1-4H3;2*5-10H,1-4H3. The summed E-state index contributed by atoms with van der Waals surface area (Å²) in [5.74, 6) is 5.89. The second-order valence-electron chi connectivity index (χ2n) is 29.4. The van der Waals surface area contributed by atoms with Crippen molar-refractivity contribution in [1.29, 1.82) is 0 Å². The van der Waals surface area contributed by atoms with Gasteiger partial charge in [0.1, 0.15) is 5.82 Å². The number of para-hydroxylation sites is 8. The maximum atomic E-state index is 12.4. The van der Waals surface area contributed by atoms with Crippen molar-refractivity contribution >= 4 is 65.7 Å². The zero-order valence-electron chi connectivity index (χ0n) is 62.9. The number of nitrogens with zero attached hydrogens (tertiary/aromatic N) is 9. The smallest absolute Gasteiger partial charge is 0.261 e. The summed E-state index contributed by atoms with van der Waals surface area (Å²) in [6.45, 7) is 52.2. The van der Waals surface area contributed by atoms with Crippen LogP contribution in [0.25, 0.3) is 65.7 Å². The fourth-order valence-electron chi connectivity index (χ4n) is 12.0. The van der Waals surface area contributed by atoms with Gasteiger partial charge in [0.05, 0.1) is 72.3 Å². The molecular weight excluding hydrogens is 1190 g/mol. The minimum Gasteiger partial charge on any atom is -0.293 e. The Hall–Kier alpha value is -8.63. The molecule has 6 heterocycles. The highest BCUT2D eigenvalue weighted by Gasteiger charge is 2.20. The summed E-state index contributed by atoms with van der Waals surface area (Å²) in [5, 5.41) is 4.44. The second kappa shape index (κ2) is 34.5. The predicted molar refractivity (Wildman–Crippen MR) is 416 cm³/mol. The zero-order chi connectivity index (χ0) is 71.1. The molecule has 0 aliphatic carbocycles. The van der Waals surface area contributed by atoms with E-state index < -0.39 is 0 Å². The van der Waals surface area contributed by atoms with E-state index in [1.807, 2.05) is 86.6 Å². The third kappa shape index (κ3) is 19.4. The van der Waals surface area contributed by atoms with Crippen LogP contribution in [0.5, 0.6) is 0 Å². The number of rotatable bonds is 12. The van der Waals surface area contributed by atoms with Crippen LogP contribution >= 0.6 is 0 Å². The molecule has 0 fully saturated rings. The first kappa shape index (κ1) is 75.7. The Morgan fingerprint density at radius 1 is 0.237 bits per heavy atom. The predicted octanol–water partition coefficient (Wildman–Crippen LogP) is 24.3. The van der Waals surface area contributed by atoms with E-state index in [2.05, 4.69) is 248 Å². The highest BCUT2D eigenvalue weighted by molar-refractivity contribution is 5.82.